The molecule has 2 rings (SSSR count). The third-order valence-corrected chi connectivity index (χ3v) is 2.73. The molecule has 2 aromatic rings. The minimum atomic E-state index is -0.343. The van der Waals surface area contributed by atoms with Crippen LogP contribution in [-0.4, -0.2) is 21.8 Å². The third-order valence-electron chi connectivity index (χ3n) is 2.73. The molecule has 20 heavy (non-hydrogen) atoms. The molecular weight excluding hydrogens is 256 g/mol. The van der Waals surface area contributed by atoms with Crippen LogP contribution in [0.25, 0.3) is 0 Å². The van der Waals surface area contributed by atoms with Crippen molar-refractivity contribution in [2.75, 3.05) is 0 Å². The summed E-state index contributed by atoms with van der Waals surface area (Å²) in [5.41, 5.74) is 3.64. The minimum absolute atomic E-state index is 0.0155. The maximum absolute atomic E-state index is 11.8. The van der Waals surface area contributed by atoms with Gasteiger partial charge in [-0.25, -0.2) is 5.43 Å². The lowest BCUT2D eigenvalue weighted by Crippen LogP contribution is -2.19. The second kappa shape index (κ2) is 5.88. The number of benzene rings is 2. The number of rotatable bonds is 3. The van der Waals surface area contributed by atoms with Crippen LogP contribution in [-0.2, 0) is 0 Å². The minimum Gasteiger partial charge on any atom is -0.508 e. The van der Waals surface area contributed by atoms with Crippen LogP contribution in [0.3, 0.4) is 0 Å². The molecule has 3 N–H and O–H groups in total. The fourth-order valence-corrected chi connectivity index (χ4v) is 1.66. The summed E-state index contributed by atoms with van der Waals surface area (Å²) in [7, 11) is 0. The van der Waals surface area contributed by atoms with Crippen molar-refractivity contribution in [2.24, 2.45) is 5.10 Å². The fraction of sp³-hybridized carbons (Fsp3) is 0.0667. The van der Waals surface area contributed by atoms with E-state index in [1.165, 1.54) is 18.2 Å². The van der Waals surface area contributed by atoms with E-state index < -0.39 is 0 Å². The number of hydrazone groups is 1. The smallest absolute Gasteiger partial charge is 0.271 e. The summed E-state index contributed by atoms with van der Waals surface area (Å²) in [6, 6.07) is 12.8. The van der Waals surface area contributed by atoms with Gasteiger partial charge in [0, 0.05) is 11.1 Å². The van der Waals surface area contributed by atoms with Gasteiger partial charge in [-0.15, -0.1) is 0 Å². The topological polar surface area (TPSA) is 81.9 Å². The summed E-state index contributed by atoms with van der Waals surface area (Å²) in [4.78, 5) is 11.8. The molecule has 0 aromatic heterocycles. The molecule has 0 unspecified atom stereocenters. The molecule has 0 saturated heterocycles. The molecule has 5 heteroatoms. The molecule has 0 radical (unpaired) electrons. The molecule has 0 atom stereocenters. The quantitative estimate of drug-likeness (QED) is 0.454. The maximum Gasteiger partial charge on any atom is 0.271 e. The summed E-state index contributed by atoms with van der Waals surface area (Å²) >= 11 is 0. The molecule has 0 saturated carbocycles. The highest BCUT2D eigenvalue weighted by atomic mass is 16.3. The Balaban J connectivity index is 2.15. The van der Waals surface area contributed by atoms with Crippen LogP contribution in [0, 0.1) is 0 Å². The summed E-state index contributed by atoms with van der Waals surface area (Å²) in [6.07, 6.45) is 0. The number of carbonyl (C=O) groups is 1. The first-order valence-electron chi connectivity index (χ1n) is 6.00. The first kappa shape index (κ1) is 13.6. The van der Waals surface area contributed by atoms with Gasteiger partial charge in [0.25, 0.3) is 5.91 Å². The SMILES string of the molecule is CC(=NNC(=O)c1ccccc1)c1cc(O)ccc1O. The lowest BCUT2D eigenvalue weighted by Gasteiger charge is -2.05. The van der Waals surface area contributed by atoms with Gasteiger partial charge >= 0.3 is 0 Å². The van der Waals surface area contributed by atoms with Gasteiger partial charge in [0.15, 0.2) is 0 Å². The molecule has 0 bridgehead atoms. The summed E-state index contributed by atoms with van der Waals surface area (Å²) in [5.74, 6) is -0.343. The van der Waals surface area contributed by atoms with Crippen LogP contribution in [0.15, 0.2) is 53.6 Å². The highest BCUT2D eigenvalue weighted by Crippen LogP contribution is 2.22. The molecule has 0 spiro atoms. The summed E-state index contributed by atoms with van der Waals surface area (Å²) in [6.45, 7) is 1.62. The zero-order chi connectivity index (χ0) is 14.5. The van der Waals surface area contributed by atoms with E-state index in [-0.39, 0.29) is 17.4 Å². The maximum atomic E-state index is 11.8. The van der Waals surface area contributed by atoms with Crippen molar-refractivity contribution >= 4 is 11.6 Å². The summed E-state index contributed by atoms with van der Waals surface area (Å²) < 4.78 is 0. The molecule has 0 aliphatic rings. The number of carbonyl (C=O) groups excluding carboxylic acids is 1. The first-order chi connectivity index (χ1) is 9.58. The first-order valence-corrected chi connectivity index (χ1v) is 6.00. The predicted molar refractivity (Wildman–Crippen MR) is 75.9 cm³/mol. The number of hydrogen-bond acceptors (Lipinski definition) is 4. The van der Waals surface area contributed by atoms with Gasteiger partial charge in [-0.05, 0) is 37.3 Å². The lowest BCUT2D eigenvalue weighted by atomic mass is 10.1. The Kier molecular flexibility index (Phi) is 4.00. The molecule has 0 aliphatic heterocycles. The summed E-state index contributed by atoms with van der Waals surface area (Å²) in [5, 5.41) is 23.0. The van der Waals surface area contributed by atoms with Crippen molar-refractivity contribution in [1.82, 2.24) is 5.43 Å². The van der Waals surface area contributed by atoms with Gasteiger partial charge in [0.1, 0.15) is 11.5 Å². The molecule has 2 aromatic carbocycles. The Hall–Kier alpha value is -2.82. The Labute approximate surface area is 116 Å². The number of phenolic OH excluding ortho intramolecular Hbond substituents is 2. The van der Waals surface area contributed by atoms with Crippen LogP contribution in [0.1, 0.15) is 22.8 Å². The van der Waals surface area contributed by atoms with Gasteiger partial charge in [0.05, 0.1) is 5.71 Å². The highest BCUT2D eigenvalue weighted by molar-refractivity contribution is 6.02. The van der Waals surface area contributed by atoms with Crippen molar-refractivity contribution in [2.45, 2.75) is 6.92 Å². The Bertz CT molecular complexity index is 651. The van der Waals surface area contributed by atoms with Crippen LogP contribution in [0.2, 0.25) is 0 Å². The van der Waals surface area contributed by atoms with Crippen molar-refractivity contribution in [3.63, 3.8) is 0 Å². The zero-order valence-corrected chi connectivity index (χ0v) is 10.9. The average Bonchev–Trinajstić information content (AvgIpc) is 2.47. The number of nitrogens with one attached hydrogen (secondary N) is 1. The molecular formula is C15H14N2O3. The van der Waals surface area contributed by atoms with Gasteiger partial charge in [0.2, 0.25) is 0 Å². The largest absolute Gasteiger partial charge is 0.508 e. The number of hydrogen-bond donors (Lipinski definition) is 3. The van der Waals surface area contributed by atoms with Crippen LogP contribution in [0.5, 0.6) is 11.5 Å². The molecule has 0 heterocycles. The van der Waals surface area contributed by atoms with E-state index in [1.807, 2.05) is 6.07 Å². The van der Waals surface area contributed by atoms with E-state index >= 15 is 0 Å². The lowest BCUT2D eigenvalue weighted by molar-refractivity contribution is 0.0955. The van der Waals surface area contributed by atoms with Crippen molar-refractivity contribution < 1.29 is 15.0 Å². The Morgan fingerprint density at radius 2 is 1.80 bits per heavy atom. The van der Waals surface area contributed by atoms with E-state index in [0.717, 1.165) is 0 Å². The normalized spacial score (nSPS) is 11.2. The second-order valence-electron chi connectivity index (χ2n) is 4.21. The molecule has 102 valence electrons. The van der Waals surface area contributed by atoms with E-state index in [9.17, 15) is 15.0 Å². The Morgan fingerprint density at radius 3 is 2.50 bits per heavy atom. The molecule has 0 aliphatic carbocycles. The highest BCUT2D eigenvalue weighted by Gasteiger charge is 2.07. The number of phenols is 2. The van der Waals surface area contributed by atoms with Gasteiger partial charge in [-0.2, -0.15) is 5.10 Å². The number of aromatic hydroxyl groups is 2. The standard InChI is InChI=1S/C15H14N2O3/c1-10(13-9-12(18)7-8-14(13)19)16-17-15(20)11-5-3-2-4-6-11/h2-9,18-19H,1H3,(H,17,20). The van der Waals surface area contributed by atoms with E-state index in [1.54, 1.807) is 31.2 Å². The third kappa shape index (κ3) is 3.14. The number of nitrogens with zero attached hydrogens (tertiary/aromatic N) is 1. The average molecular weight is 270 g/mol. The van der Waals surface area contributed by atoms with E-state index in [2.05, 4.69) is 10.5 Å². The van der Waals surface area contributed by atoms with Crippen LogP contribution in [0.4, 0.5) is 0 Å². The van der Waals surface area contributed by atoms with E-state index in [0.29, 0.717) is 16.8 Å². The van der Waals surface area contributed by atoms with Crippen molar-refractivity contribution in [1.29, 1.82) is 0 Å². The van der Waals surface area contributed by atoms with Crippen molar-refractivity contribution in [3.05, 3.63) is 59.7 Å². The zero-order valence-electron chi connectivity index (χ0n) is 10.9. The molecule has 0 fully saturated rings. The fourth-order valence-electron chi connectivity index (χ4n) is 1.66. The molecule has 5 nitrogen and oxygen atoms in total. The van der Waals surface area contributed by atoms with Gasteiger partial charge < -0.3 is 10.2 Å². The molecule has 1 amide bonds. The second-order valence-corrected chi connectivity index (χ2v) is 4.21. The van der Waals surface area contributed by atoms with Gasteiger partial charge in [-0.1, -0.05) is 18.2 Å². The van der Waals surface area contributed by atoms with Crippen molar-refractivity contribution in [3.8, 4) is 11.5 Å². The Morgan fingerprint density at radius 1 is 1.10 bits per heavy atom. The van der Waals surface area contributed by atoms with Crippen LogP contribution >= 0.6 is 0 Å². The predicted octanol–water partition coefficient (Wildman–Crippen LogP) is 2.25. The van der Waals surface area contributed by atoms with E-state index in [4.69, 9.17) is 0 Å². The van der Waals surface area contributed by atoms with Gasteiger partial charge in [-0.3, -0.25) is 4.79 Å². The monoisotopic (exact) mass is 270 g/mol. The van der Waals surface area contributed by atoms with Crippen LogP contribution < -0.4 is 5.43 Å². The number of amides is 1.